The van der Waals surface area contributed by atoms with Crippen LogP contribution in [0, 0.1) is 5.82 Å². The van der Waals surface area contributed by atoms with E-state index in [1.54, 1.807) is 0 Å². The minimum atomic E-state index is -0.694. The van der Waals surface area contributed by atoms with Crippen LogP contribution in [0.25, 0.3) is 0 Å². The van der Waals surface area contributed by atoms with Crippen molar-refractivity contribution in [2.45, 2.75) is 6.54 Å². The lowest BCUT2D eigenvalue weighted by atomic mass is 10.1. The number of fused-ring (bicyclic) bond motifs is 1. The number of rotatable bonds is 2. The predicted molar refractivity (Wildman–Crippen MR) is 58.4 cm³/mol. The Morgan fingerprint density at radius 3 is 2.89 bits per heavy atom. The number of carbonyl (C=O) groups excluding carboxylic acids is 2. The molecule has 0 radical (unpaired) electrons. The fraction of sp³-hybridized carbons (Fsp3) is 0.0833. The van der Waals surface area contributed by atoms with E-state index in [0.717, 1.165) is 6.07 Å². The number of aromatic nitrogens is 1. The summed E-state index contributed by atoms with van der Waals surface area (Å²) in [7, 11) is 0. The average molecular weight is 246 g/mol. The van der Waals surface area contributed by atoms with Crippen molar-refractivity contribution >= 4 is 17.4 Å². The molecular weight excluding hydrogens is 239 g/mol. The van der Waals surface area contributed by atoms with Crippen molar-refractivity contribution in [1.82, 2.24) is 5.16 Å². The highest BCUT2D eigenvalue weighted by molar-refractivity contribution is 6.52. The third kappa shape index (κ3) is 1.50. The molecule has 0 N–H and O–H groups in total. The maximum atomic E-state index is 13.1. The van der Waals surface area contributed by atoms with Gasteiger partial charge >= 0.3 is 0 Å². The first kappa shape index (κ1) is 10.6. The second-order valence-corrected chi connectivity index (χ2v) is 3.91. The van der Waals surface area contributed by atoms with E-state index in [1.807, 2.05) is 0 Å². The summed E-state index contributed by atoms with van der Waals surface area (Å²) in [4.78, 5) is 24.8. The van der Waals surface area contributed by atoms with Crippen LogP contribution in [0.15, 0.2) is 35.2 Å². The second kappa shape index (κ2) is 3.76. The highest BCUT2D eigenvalue weighted by atomic mass is 19.1. The lowest BCUT2D eigenvalue weighted by Crippen LogP contribution is -2.28. The summed E-state index contributed by atoms with van der Waals surface area (Å²) >= 11 is 0. The van der Waals surface area contributed by atoms with Crippen LogP contribution in [0.3, 0.4) is 0 Å². The summed E-state index contributed by atoms with van der Waals surface area (Å²) in [5, 5.41) is 3.52. The standard InChI is InChI=1S/C12H7FN2O3/c13-8-1-2-10-9(3-8)11(16)12(17)15(10)5-7-4-14-18-6-7/h1-4,6H,5H2. The molecule has 0 unspecified atom stereocenters. The van der Waals surface area contributed by atoms with Crippen LogP contribution >= 0.6 is 0 Å². The number of halogens is 1. The van der Waals surface area contributed by atoms with Crippen LogP contribution in [0.5, 0.6) is 0 Å². The number of carbonyl (C=O) groups is 2. The van der Waals surface area contributed by atoms with Crippen molar-refractivity contribution in [2.75, 3.05) is 4.90 Å². The number of benzene rings is 1. The zero-order valence-corrected chi connectivity index (χ0v) is 9.09. The van der Waals surface area contributed by atoms with Gasteiger partial charge in [-0.05, 0) is 18.2 Å². The van der Waals surface area contributed by atoms with E-state index in [1.165, 1.54) is 29.5 Å². The molecule has 1 aliphatic rings. The number of anilines is 1. The Labute approximate surface area is 101 Å². The van der Waals surface area contributed by atoms with Gasteiger partial charge in [-0.25, -0.2) is 4.39 Å². The summed E-state index contributed by atoms with van der Waals surface area (Å²) in [5.41, 5.74) is 1.16. The first-order chi connectivity index (χ1) is 8.66. The van der Waals surface area contributed by atoms with E-state index in [2.05, 4.69) is 9.68 Å². The SMILES string of the molecule is O=C1C(=O)N(Cc2cnoc2)c2ccc(F)cc21. The van der Waals surface area contributed by atoms with Gasteiger partial charge in [0.2, 0.25) is 0 Å². The third-order valence-electron chi connectivity index (χ3n) is 2.76. The van der Waals surface area contributed by atoms with E-state index in [0.29, 0.717) is 11.3 Å². The molecule has 0 saturated heterocycles. The molecule has 0 aliphatic carbocycles. The Hall–Kier alpha value is -2.50. The quantitative estimate of drug-likeness (QED) is 0.754. The highest BCUT2D eigenvalue weighted by Crippen LogP contribution is 2.30. The van der Waals surface area contributed by atoms with Crippen molar-refractivity contribution in [3.63, 3.8) is 0 Å². The first-order valence-electron chi connectivity index (χ1n) is 5.21. The number of hydrogen-bond acceptors (Lipinski definition) is 4. The van der Waals surface area contributed by atoms with E-state index in [-0.39, 0.29) is 12.1 Å². The molecule has 5 nitrogen and oxygen atoms in total. The van der Waals surface area contributed by atoms with Crippen LogP contribution in [-0.2, 0) is 11.3 Å². The van der Waals surface area contributed by atoms with Gasteiger partial charge in [-0.2, -0.15) is 0 Å². The lowest BCUT2D eigenvalue weighted by Gasteiger charge is -2.14. The van der Waals surface area contributed by atoms with Crippen molar-refractivity contribution in [2.24, 2.45) is 0 Å². The molecule has 2 aromatic rings. The summed E-state index contributed by atoms with van der Waals surface area (Å²) in [6.45, 7) is 0.173. The fourth-order valence-electron chi connectivity index (χ4n) is 1.92. The van der Waals surface area contributed by atoms with Gasteiger partial charge in [-0.1, -0.05) is 5.16 Å². The summed E-state index contributed by atoms with van der Waals surface area (Å²) in [6.07, 6.45) is 2.85. The molecule has 2 heterocycles. The van der Waals surface area contributed by atoms with E-state index in [9.17, 15) is 14.0 Å². The van der Waals surface area contributed by atoms with Gasteiger partial charge in [-0.3, -0.25) is 9.59 Å². The van der Waals surface area contributed by atoms with Gasteiger partial charge < -0.3 is 9.42 Å². The molecule has 0 bridgehead atoms. The molecule has 0 fully saturated rings. The zero-order valence-electron chi connectivity index (χ0n) is 9.09. The molecule has 0 spiro atoms. The average Bonchev–Trinajstić information content (AvgIpc) is 2.94. The van der Waals surface area contributed by atoms with E-state index >= 15 is 0 Å². The van der Waals surface area contributed by atoms with Gasteiger partial charge in [0.1, 0.15) is 12.1 Å². The summed E-state index contributed by atoms with van der Waals surface area (Å²) < 4.78 is 17.7. The molecule has 1 amide bonds. The van der Waals surface area contributed by atoms with Crippen molar-refractivity contribution in [3.05, 3.63) is 47.6 Å². The predicted octanol–water partition coefficient (Wildman–Crippen LogP) is 1.54. The molecule has 18 heavy (non-hydrogen) atoms. The number of Topliss-reactive ketones (excluding diaryl/α,β-unsaturated/α-hetero) is 1. The monoisotopic (exact) mass is 246 g/mol. The van der Waals surface area contributed by atoms with Gasteiger partial charge in [0.15, 0.2) is 0 Å². The van der Waals surface area contributed by atoms with Crippen LogP contribution in [0.4, 0.5) is 10.1 Å². The van der Waals surface area contributed by atoms with Gasteiger partial charge in [0.25, 0.3) is 11.7 Å². The molecule has 6 heteroatoms. The molecule has 90 valence electrons. The number of amides is 1. The Morgan fingerprint density at radius 1 is 1.33 bits per heavy atom. The van der Waals surface area contributed by atoms with Gasteiger partial charge in [0, 0.05) is 5.56 Å². The van der Waals surface area contributed by atoms with Crippen molar-refractivity contribution < 1.29 is 18.5 Å². The highest BCUT2D eigenvalue weighted by Gasteiger charge is 2.36. The normalized spacial score (nSPS) is 14.2. The van der Waals surface area contributed by atoms with E-state index in [4.69, 9.17) is 0 Å². The number of hydrogen-bond donors (Lipinski definition) is 0. The topological polar surface area (TPSA) is 63.4 Å². The number of ketones is 1. The third-order valence-corrected chi connectivity index (χ3v) is 2.76. The largest absolute Gasteiger partial charge is 0.364 e. The molecule has 3 rings (SSSR count). The molecular formula is C12H7FN2O3. The molecule has 0 atom stereocenters. The van der Waals surface area contributed by atoms with Crippen LogP contribution < -0.4 is 4.90 Å². The Morgan fingerprint density at radius 2 is 2.17 bits per heavy atom. The minimum absolute atomic E-state index is 0.0939. The lowest BCUT2D eigenvalue weighted by molar-refractivity contribution is -0.114. The zero-order chi connectivity index (χ0) is 12.7. The summed E-state index contributed by atoms with van der Waals surface area (Å²) in [5.74, 6) is -1.90. The van der Waals surface area contributed by atoms with E-state index < -0.39 is 17.5 Å². The summed E-state index contributed by atoms with van der Waals surface area (Å²) in [6, 6.07) is 3.70. The van der Waals surface area contributed by atoms with Crippen LogP contribution in [-0.4, -0.2) is 16.8 Å². The van der Waals surface area contributed by atoms with Gasteiger partial charge in [0.05, 0.1) is 24.0 Å². The number of nitrogens with zero attached hydrogens (tertiary/aromatic N) is 2. The second-order valence-electron chi connectivity index (χ2n) is 3.91. The Bertz CT molecular complexity index is 637. The molecule has 0 saturated carbocycles. The van der Waals surface area contributed by atoms with Gasteiger partial charge in [-0.15, -0.1) is 0 Å². The Kier molecular flexibility index (Phi) is 2.22. The van der Waals surface area contributed by atoms with Crippen LogP contribution in [0.2, 0.25) is 0 Å². The minimum Gasteiger partial charge on any atom is -0.364 e. The van der Waals surface area contributed by atoms with Crippen molar-refractivity contribution in [3.8, 4) is 0 Å². The fourth-order valence-corrected chi connectivity index (χ4v) is 1.92. The van der Waals surface area contributed by atoms with Crippen molar-refractivity contribution in [1.29, 1.82) is 0 Å². The molecule has 1 aliphatic heterocycles. The maximum Gasteiger partial charge on any atom is 0.299 e. The first-order valence-corrected chi connectivity index (χ1v) is 5.21. The Balaban J connectivity index is 2.02. The smallest absolute Gasteiger partial charge is 0.299 e. The molecule has 1 aromatic heterocycles. The van der Waals surface area contributed by atoms with Crippen LogP contribution in [0.1, 0.15) is 15.9 Å². The molecule has 1 aromatic carbocycles. The maximum absolute atomic E-state index is 13.1.